The number of rotatable bonds is 4. The molecule has 4 heteroatoms. The molecule has 1 aliphatic carbocycles. The minimum Gasteiger partial charge on any atom is -0.760 e. The predicted molar refractivity (Wildman–Crippen MR) is 43.5 cm³/mol. The molecule has 0 spiro atoms. The van der Waals surface area contributed by atoms with E-state index < -0.39 is 11.3 Å². The van der Waals surface area contributed by atoms with Gasteiger partial charge in [0.2, 0.25) is 0 Å². The maximum atomic E-state index is 10.1. The van der Waals surface area contributed by atoms with E-state index in [0.29, 0.717) is 6.54 Å². The maximum Gasteiger partial charge on any atom is 0.0181 e. The Balaban J connectivity index is 1.98. The van der Waals surface area contributed by atoms with Gasteiger partial charge in [0.25, 0.3) is 0 Å². The molecule has 1 unspecified atom stereocenters. The number of nitrogens with one attached hydrogen (secondary N) is 1. The fraction of sp³-hybridized carbons (Fsp3) is 1.00. The van der Waals surface area contributed by atoms with E-state index in [0.717, 1.165) is 12.3 Å². The topological polar surface area (TPSA) is 52.2 Å². The van der Waals surface area contributed by atoms with Gasteiger partial charge in [0.05, 0.1) is 0 Å². The highest BCUT2D eigenvalue weighted by atomic mass is 32.2. The smallest absolute Gasteiger partial charge is 0.0181 e. The second-order valence-corrected chi connectivity index (χ2v) is 3.83. The Labute approximate surface area is 70.0 Å². The zero-order chi connectivity index (χ0) is 8.10. The lowest BCUT2D eigenvalue weighted by atomic mass is 10.1. The molecule has 1 fully saturated rings. The van der Waals surface area contributed by atoms with Crippen molar-refractivity contribution in [3.63, 3.8) is 0 Å². The van der Waals surface area contributed by atoms with Crippen LogP contribution in [0.15, 0.2) is 0 Å². The SMILES string of the molecule is O=S([O-])NCCC1CCCC1. The first-order valence-corrected chi connectivity index (χ1v) is 5.19. The fourth-order valence-corrected chi connectivity index (χ4v) is 1.93. The van der Waals surface area contributed by atoms with Crippen LogP contribution in [0.5, 0.6) is 0 Å². The normalized spacial score (nSPS) is 22.3. The van der Waals surface area contributed by atoms with E-state index in [2.05, 4.69) is 4.72 Å². The third-order valence-electron chi connectivity index (χ3n) is 2.25. The Hall–Kier alpha value is 0.0700. The molecular formula is C7H14NO2S-. The van der Waals surface area contributed by atoms with Gasteiger partial charge in [-0.15, -0.1) is 0 Å². The van der Waals surface area contributed by atoms with Gasteiger partial charge in [0.1, 0.15) is 0 Å². The van der Waals surface area contributed by atoms with E-state index >= 15 is 0 Å². The molecule has 0 aromatic carbocycles. The summed E-state index contributed by atoms with van der Waals surface area (Å²) < 4.78 is 22.5. The summed E-state index contributed by atoms with van der Waals surface area (Å²) in [7, 11) is 0. The van der Waals surface area contributed by atoms with Gasteiger partial charge in [-0.1, -0.05) is 25.7 Å². The predicted octanol–water partition coefficient (Wildman–Crippen LogP) is 0.950. The van der Waals surface area contributed by atoms with E-state index in [9.17, 15) is 8.76 Å². The molecule has 66 valence electrons. The second kappa shape index (κ2) is 4.85. The first-order chi connectivity index (χ1) is 5.29. The largest absolute Gasteiger partial charge is 0.760 e. The van der Waals surface area contributed by atoms with Crippen LogP contribution in [0.25, 0.3) is 0 Å². The average molecular weight is 176 g/mol. The molecule has 0 radical (unpaired) electrons. The van der Waals surface area contributed by atoms with Gasteiger partial charge in [0, 0.05) is 17.8 Å². The standard InChI is InChI=1S/C7H15NO2S/c9-11(10)8-6-5-7-3-1-2-4-7/h7-8H,1-6H2,(H,9,10)/p-1. The summed E-state index contributed by atoms with van der Waals surface area (Å²) >= 11 is -2.07. The third kappa shape index (κ3) is 3.84. The molecule has 0 aromatic heterocycles. The molecule has 3 nitrogen and oxygen atoms in total. The molecule has 0 aliphatic heterocycles. The highest BCUT2D eigenvalue weighted by Crippen LogP contribution is 2.26. The summed E-state index contributed by atoms with van der Waals surface area (Å²) in [6, 6.07) is 0. The van der Waals surface area contributed by atoms with E-state index in [4.69, 9.17) is 0 Å². The molecule has 1 aliphatic rings. The Kier molecular flexibility index (Phi) is 4.04. The van der Waals surface area contributed by atoms with Crippen LogP contribution in [0, 0.1) is 5.92 Å². The average Bonchev–Trinajstić information content (AvgIpc) is 2.39. The molecule has 1 saturated carbocycles. The molecular weight excluding hydrogens is 162 g/mol. The van der Waals surface area contributed by atoms with Crippen molar-refractivity contribution in [2.75, 3.05) is 6.54 Å². The van der Waals surface area contributed by atoms with Gasteiger partial charge in [-0.05, 0) is 12.3 Å². The third-order valence-corrected chi connectivity index (χ3v) is 2.69. The van der Waals surface area contributed by atoms with Gasteiger partial charge < -0.3 is 4.55 Å². The van der Waals surface area contributed by atoms with Crippen molar-refractivity contribution >= 4 is 11.3 Å². The van der Waals surface area contributed by atoms with Crippen molar-refractivity contribution in [2.45, 2.75) is 32.1 Å². The monoisotopic (exact) mass is 176 g/mol. The number of hydrogen-bond donors (Lipinski definition) is 1. The van der Waals surface area contributed by atoms with E-state index in [-0.39, 0.29) is 0 Å². The van der Waals surface area contributed by atoms with Crippen LogP contribution in [-0.2, 0) is 11.3 Å². The molecule has 1 atom stereocenters. The maximum absolute atomic E-state index is 10.1. The quantitative estimate of drug-likeness (QED) is 0.648. The Morgan fingerprint density at radius 3 is 2.64 bits per heavy atom. The summed E-state index contributed by atoms with van der Waals surface area (Å²) in [6.07, 6.45) is 6.23. The Bertz CT molecular complexity index is 134. The molecule has 1 N–H and O–H groups in total. The molecule has 0 saturated heterocycles. The van der Waals surface area contributed by atoms with Gasteiger partial charge in [0.15, 0.2) is 0 Å². The molecule has 0 aromatic rings. The molecule has 1 rings (SSSR count). The first-order valence-electron chi connectivity index (χ1n) is 4.12. The van der Waals surface area contributed by atoms with Crippen LogP contribution >= 0.6 is 0 Å². The van der Waals surface area contributed by atoms with Crippen LogP contribution in [0.4, 0.5) is 0 Å². The zero-order valence-corrected chi connectivity index (χ0v) is 7.36. The highest BCUT2D eigenvalue weighted by molar-refractivity contribution is 7.77. The van der Waals surface area contributed by atoms with Crippen LogP contribution in [0.1, 0.15) is 32.1 Å². The summed E-state index contributed by atoms with van der Waals surface area (Å²) in [5, 5.41) is 0. The van der Waals surface area contributed by atoms with Crippen molar-refractivity contribution < 1.29 is 8.76 Å². The Morgan fingerprint density at radius 2 is 2.09 bits per heavy atom. The van der Waals surface area contributed by atoms with Crippen LogP contribution in [0.2, 0.25) is 0 Å². The van der Waals surface area contributed by atoms with Gasteiger partial charge >= 0.3 is 0 Å². The summed E-state index contributed by atoms with van der Waals surface area (Å²) in [5.74, 6) is 0.769. The van der Waals surface area contributed by atoms with Crippen molar-refractivity contribution in [2.24, 2.45) is 5.92 Å². The highest BCUT2D eigenvalue weighted by Gasteiger charge is 2.13. The van der Waals surface area contributed by atoms with Crippen molar-refractivity contribution in [1.29, 1.82) is 0 Å². The van der Waals surface area contributed by atoms with Gasteiger partial charge in [-0.25, -0.2) is 4.72 Å². The molecule has 0 heterocycles. The molecule has 0 bridgehead atoms. The van der Waals surface area contributed by atoms with Crippen molar-refractivity contribution in [1.82, 2.24) is 4.72 Å². The minimum absolute atomic E-state index is 0.612. The van der Waals surface area contributed by atoms with Crippen LogP contribution < -0.4 is 4.72 Å². The zero-order valence-electron chi connectivity index (χ0n) is 6.54. The summed E-state index contributed by atoms with van der Waals surface area (Å²) in [4.78, 5) is 0. The van der Waals surface area contributed by atoms with Gasteiger partial charge in [-0.3, -0.25) is 4.21 Å². The minimum atomic E-state index is -2.07. The van der Waals surface area contributed by atoms with E-state index in [1.54, 1.807) is 0 Å². The lowest BCUT2D eigenvalue weighted by molar-refractivity contribution is 0.483. The van der Waals surface area contributed by atoms with Gasteiger partial charge in [-0.2, -0.15) is 0 Å². The lowest BCUT2D eigenvalue weighted by Gasteiger charge is -2.10. The Morgan fingerprint density at radius 1 is 1.45 bits per heavy atom. The number of hydrogen-bond acceptors (Lipinski definition) is 2. The lowest BCUT2D eigenvalue weighted by Crippen LogP contribution is -2.19. The van der Waals surface area contributed by atoms with E-state index in [1.165, 1.54) is 25.7 Å². The fourth-order valence-electron chi connectivity index (χ4n) is 1.65. The van der Waals surface area contributed by atoms with E-state index in [1.807, 2.05) is 0 Å². The second-order valence-electron chi connectivity index (χ2n) is 3.07. The summed E-state index contributed by atoms with van der Waals surface area (Å²) in [6.45, 7) is 0.612. The van der Waals surface area contributed by atoms with Crippen molar-refractivity contribution in [3.8, 4) is 0 Å². The van der Waals surface area contributed by atoms with Crippen molar-refractivity contribution in [3.05, 3.63) is 0 Å². The first kappa shape index (κ1) is 9.16. The van der Waals surface area contributed by atoms with Crippen LogP contribution in [0.3, 0.4) is 0 Å². The molecule has 11 heavy (non-hydrogen) atoms. The summed E-state index contributed by atoms with van der Waals surface area (Å²) in [5.41, 5.74) is 0. The van der Waals surface area contributed by atoms with Crippen LogP contribution in [-0.4, -0.2) is 15.3 Å². The molecule has 0 amide bonds.